The molecule has 0 saturated carbocycles. The minimum Gasteiger partial charge on any atom is -0.309 e. The fourth-order valence-corrected chi connectivity index (χ4v) is 12.9. The van der Waals surface area contributed by atoms with Crippen molar-refractivity contribution in [1.82, 2.24) is 0 Å². The highest BCUT2D eigenvalue weighted by molar-refractivity contribution is 6.22. The maximum atomic E-state index is 2.56. The third-order valence-corrected chi connectivity index (χ3v) is 16.3. The van der Waals surface area contributed by atoms with E-state index in [9.17, 15) is 0 Å². The van der Waals surface area contributed by atoms with E-state index in [1.807, 2.05) is 0 Å². The Hall–Kier alpha value is -9.82. The van der Waals surface area contributed by atoms with Crippen LogP contribution < -0.4 is 4.90 Å². The molecule has 0 heterocycles. The van der Waals surface area contributed by atoms with E-state index in [1.165, 1.54) is 111 Å². The van der Waals surface area contributed by atoms with Crippen LogP contribution in [0.2, 0.25) is 0 Å². The molecule has 0 aromatic heterocycles. The number of anilines is 3. The predicted octanol–water partition coefficient (Wildman–Crippen LogP) is 20.1. The largest absolute Gasteiger partial charge is 0.309 e. The Labute approximate surface area is 443 Å². The summed E-state index contributed by atoms with van der Waals surface area (Å²) in [6.07, 6.45) is 0. The molecular weight excluding hydrogens is 915 g/mol. The monoisotopic (exact) mass is 963 g/mol. The van der Waals surface area contributed by atoms with Crippen molar-refractivity contribution in [3.05, 3.63) is 320 Å². The molecule has 0 fully saturated rings. The molecular formula is C75H49N. The molecule has 76 heavy (non-hydrogen) atoms. The molecule has 0 aliphatic heterocycles. The number of rotatable bonds is 8. The van der Waals surface area contributed by atoms with Crippen molar-refractivity contribution in [2.45, 2.75) is 5.41 Å². The van der Waals surface area contributed by atoms with E-state index in [0.29, 0.717) is 0 Å². The van der Waals surface area contributed by atoms with Gasteiger partial charge in [0, 0.05) is 22.3 Å². The first-order valence-corrected chi connectivity index (χ1v) is 26.4. The number of hydrogen-bond acceptors (Lipinski definition) is 1. The lowest BCUT2D eigenvalue weighted by Crippen LogP contribution is -2.26. The van der Waals surface area contributed by atoms with E-state index in [0.717, 1.165) is 28.2 Å². The molecule has 1 heteroatoms. The Balaban J connectivity index is 0.946. The van der Waals surface area contributed by atoms with Crippen LogP contribution >= 0.6 is 0 Å². The van der Waals surface area contributed by atoms with Crippen molar-refractivity contribution in [3.8, 4) is 77.9 Å². The van der Waals surface area contributed by atoms with Gasteiger partial charge in [0.05, 0.1) is 11.1 Å². The van der Waals surface area contributed by atoms with Gasteiger partial charge in [0.2, 0.25) is 0 Å². The van der Waals surface area contributed by atoms with Crippen LogP contribution in [0.15, 0.2) is 297 Å². The second-order valence-corrected chi connectivity index (χ2v) is 20.3. The molecule has 13 aromatic carbocycles. The number of nitrogens with zero attached hydrogens (tertiary/aromatic N) is 1. The average molecular weight is 964 g/mol. The molecule has 15 rings (SSSR count). The van der Waals surface area contributed by atoms with Crippen LogP contribution in [0.3, 0.4) is 0 Å². The van der Waals surface area contributed by atoms with Gasteiger partial charge in [-0.25, -0.2) is 0 Å². The normalized spacial score (nSPS) is 12.6. The molecule has 0 saturated heterocycles. The molecule has 0 unspecified atom stereocenters. The fraction of sp³-hybridized carbons (Fsp3) is 0.0133. The Kier molecular flexibility index (Phi) is 10.2. The zero-order chi connectivity index (χ0) is 50.2. The van der Waals surface area contributed by atoms with E-state index in [1.54, 1.807) is 0 Å². The van der Waals surface area contributed by atoms with Crippen LogP contribution in [-0.4, -0.2) is 0 Å². The van der Waals surface area contributed by atoms with Gasteiger partial charge >= 0.3 is 0 Å². The van der Waals surface area contributed by atoms with Gasteiger partial charge in [0.1, 0.15) is 0 Å². The van der Waals surface area contributed by atoms with Crippen LogP contribution in [0.4, 0.5) is 17.1 Å². The van der Waals surface area contributed by atoms with Gasteiger partial charge in [0.15, 0.2) is 0 Å². The van der Waals surface area contributed by atoms with Crippen molar-refractivity contribution < 1.29 is 0 Å². The third kappa shape index (κ3) is 6.79. The smallest absolute Gasteiger partial charge is 0.0726 e. The van der Waals surface area contributed by atoms with E-state index >= 15 is 0 Å². The first kappa shape index (κ1) is 43.7. The zero-order valence-corrected chi connectivity index (χ0v) is 41.7. The summed E-state index contributed by atoms with van der Waals surface area (Å²) in [5.41, 5.74) is 25.2. The van der Waals surface area contributed by atoms with Gasteiger partial charge in [-0.1, -0.05) is 267 Å². The Morgan fingerprint density at radius 2 is 0.566 bits per heavy atom. The topological polar surface area (TPSA) is 3.24 Å². The molecule has 354 valence electrons. The van der Waals surface area contributed by atoms with Gasteiger partial charge in [-0.15, -0.1) is 0 Å². The summed E-state index contributed by atoms with van der Waals surface area (Å²) in [6.45, 7) is 0. The Morgan fingerprint density at radius 1 is 0.211 bits per heavy atom. The first-order chi connectivity index (χ1) is 37.7. The van der Waals surface area contributed by atoms with Crippen molar-refractivity contribution in [1.29, 1.82) is 0 Å². The minimum atomic E-state index is -0.499. The maximum absolute atomic E-state index is 2.56. The van der Waals surface area contributed by atoms with Crippen LogP contribution in [0.5, 0.6) is 0 Å². The van der Waals surface area contributed by atoms with Crippen LogP contribution in [-0.2, 0) is 5.41 Å². The summed E-state index contributed by atoms with van der Waals surface area (Å²) in [5, 5.41) is 4.85. The van der Waals surface area contributed by atoms with E-state index in [4.69, 9.17) is 0 Å². The zero-order valence-electron chi connectivity index (χ0n) is 41.7. The molecule has 0 amide bonds. The number of fused-ring (bicyclic) bond motifs is 13. The van der Waals surface area contributed by atoms with Crippen LogP contribution in [0.1, 0.15) is 22.3 Å². The van der Waals surface area contributed by atoms with E-state index in [-0.39, 0.29) is 0 Å². The van der Waals surface area contributed by atoms with E-state index < -0.39 is 5.41 Å². The van der Waals surface area contributed by atoms with Crippen molar-refractivity contribution in [2.24, 2.45) is 0 Å². The lowest BCUT2D eigenvalue weighted by Gasteiger charge is -2.33. The molecule has 0 N–H and O–H groups in total. The molecule has 0 atom stereocenters. The molecule has 0 radical (unpaired) electrons. The Bertz CT molecular complexity index is 4300. The summed E-state index contributed by atoms with van der Waals surface area (Å²) in [5.74, 6) is 0. The maximum Gasteiger partial charge on any atom is 0.0726 e. The van der Waals surface area contributed by atoms with Gasteiger partial charge in [0.25, 0.3) is 0 Å². The Morgan fingerprint density at radius 3 is 1.11 bits per heavy atom. The second-order valence-electron chi connectivity index (χ2n) is 20.3. The SMILES string of the molecule is c1ccc(-c2ccc(-c3c(N(c4ccc(-c5ccc(-c6cccc(-c7ccccc7)c6)cc5)cc4)c4ccc5c(c4)C4(c6ccccc6-c6ccccc64)c4ccccc4-5)c4ccccc4c4ccccc34)cc2)cc1. The van der Waals surface area contributed by atoms with Crippen molar-refractivity contribution >= 4 is 38.6 Å². The quantitative estimate of drug-likeness (QED) is 0.137. The predicted molar refractivity (Wildman–Crippen MR) is 320 cm³/mol. The summed E-state index contributed by atoms with van der Waals surface area (Å²) in [7, 11) is 0. The average Bonchev–Trinajstić information content (AvgIpc) is 4.06. The van der Waals surface area contributed by atoms with Crippen molar-refractivity contribution in [2.75, 3.05) is 4.90 Å². The minimum absolute atomic E-state index is 0.499. The molecule has 13 aromatic rings. The number of benzene rings is 13. The first-order valence-electron chi connectivity index (χ1n) is 26.4. The van der Waals surface area contributed by atoms with Crippen molar-refractivity contribution in [3.63, 3.8) is 0 Å². The summed E-state index contributed by atoms with van der Waals surface area (Å²) in [6, 6.07) is 110. The van der Waals surface area contributed by atoms with Gasteiger partial charge in [-0.05, 0) is 141 Å². The van der Waals surface area contributed by atoms with Crippen LogP contribution in [0.25, 0.3) is 99.4 Å². The lowest BCUT2D eigenvalue weighted by molar-refractivity contribution is 0.793. The molecule has 0 bridgehead atoms. The molecule has 2 aliphatic rings. The third-order valence-electron chi connectivity index (χ3n) is 16.3. The van der Waals surface area contributed by atoms with Crippen LogP contribution in [0, 0.1) is 0 Å². The highest BCUT2D eigenvalue weighted by Gasteiger charge is 2.51. The summed E-state index contributed by atoms with van der Waals surface area (Å²) < 4.78 is 0. The van der Waals surface area contributed by atoms with Gasteiger partial charge in [-0.2, -0.15) is 0 Å². The molecule has 1 spiro atoms. The van der Waals surface area contributed by atoms with Gasteiger partial charge in [-0.3, -0.25) is 0 Å². The summed E-state index contributed by atoms with van der Waals surface area (Å²) >= 11 is 0. The second kappa shape index (κ2) is 17.7. The molecule has 2 aliphatic carbocycles. The van der Waals surface area contributed by atoms with Gasteiger partial charge < -0.3 is 4.90 Å². The molecule has 1 nitrogen and oxygen atoms in total. The highest BCUT2D eigenvalue weighted by Crippen LogP contribution is 2.63. The number of hydrogen-bond donors (Lipinski definition) is 0. The summed E-state index contributed by atoms with van der Waals surface area (Å²) in [4.78, 5) is 2.56. The standard InChI is InChI=1S/C75H49N/c1-3-18-50(19-4-1)52-38-40-56(41-39-52)73-67-29-9-7-24-61(67)62-25-8-10-30-68(62)74(73)76(59-44-42-54(43-45-59)53-34-36-55(37-35-53)58-23-17-22-57(48-58)51-20-5-2-6-21-51)60-46-47-66-65-28-13-16-33-71(65)75(72(66)49-60)69-31-14-11-26-63(69)64-27-12-15-32-70(64)75/h1-49H. The highest BCUT2D eigenvalue weighted by atomic mass is 15.1. The fourth-order valence-electron chi connectivity index (χ4n) is 12.9. The van der Waals surface area contributed by atoms with E-state index in [2.05, 4.69) is 302 Å². The lowest BCUT2D eigenvalue weighted by atomic mass is 9.70.